The lowest BCUT2D eigenvalue weighted by Gasteiger charge is -2.22. The second-order valence-electron chi connectivity index (χ2n) is 5.90. The number of amides is 1. The van der Waals surface area contributed by atoms with Crippen molar-refractivity contribution in [2.24, 2.45) is 7.05 Å². The molecule has 0 spiro atoms. The monoisotopic (exact) mass is 335 g/mol. The molecule has 5 nitrogen and oxygen atoms in total. The molecule has 0 saturated carbocycles. The predicted molar refractivity (Wildman–Crippen MR) is 95.3 cm³/mol. The fourth-order valence-electron chi connectivity index (χ4n) is 2.57. The van der Waals surface area contributed by atoms with Gasteiger partial charge in [0.05, 0.1) is 16.6 Å². The first-order chi connectivity index (χ1) is 11.0. The maximum absolute atomic E-state index is 12.9. The van der Waals surface area contributed by atoms with Crippen molar-refractivity contribution in [2.45, 2.75) is 46.5 Å². The Labute approximate surface area is 140 Å². The Hall–Kier alpha value is -1.69. The number of carbonyl (C=O) groups is 1. The van der Waals surface area contributed by atoms with Crippen LogP contribution in [0.2, 0.25) is 0 Å². The largest absolute Gasteiger partial charge is 0.338 e. The number of thiophene rings is 1. The third kappa shape index (κ3) is 3.63. The highest BCUT2D eigenvalue weighted by atomic mass is 32.1. The summed E-state index contributed by atoms with van der Waals surface area (Å²) in [6, 6.07) is 0. The van der Waals surface area contributed by atoms with Crippen LogP contribution >= 0.6 is 11.3 Å². The molecule has 2 aromatic heterocycles. The average Bonchev–Trinajstić information content (AvgIpc) is 2.88. The minimum atomic E-state index is -0.0866. The van der Waals surface area contributed by atoms with Gasteiger partial charge in [0.1, 0.15) is 4.83 Å². The van der Waals surface area contributed by atoms with E-state index >= 15 is 0 Å². The van der Waals surface area contributed by atoms with Crippen LogP contribution in [-0.4, -0.2) is 33.4 Å². The van der Waals surface area contributed by atoms with E-state index in [1.165, 1.54) is 22.2 Å². The third-order valence-electron chi connectivity index (χ3n) is 4.06. The molecule has 2 rings (SSSR count). The molecule has 0 radical (unpaired) electrons. The summed E-state index contributed by atoms with van der Waals surface area (Å²) in [5, 5.41) is 0.578. The highest BCUT2D eigenvalue weighted by molar-refractivity contribution is 7.20. The normalized spacial score (nSPS) is 11.1. The van der Waals surface area contributed by atoms with Crippen LogP contribution in [0.15, 0.2) is 11.1 Å². The number of carbonyl (C=O) groups excluding carboxylic acids is 1. The topological polar surface area (TPSA) is 55.2 Å². The van der Waals surface area contributed by atoms with Crippen molar-refractivity contribution in [3.05, 3.63) is 27.1 Å². The van der Waals surface area contributed by atoms with Crippen LogP contribution in [-0.2, 0) is 7.05 Å². The third-order valence-corrected chi connectivity index (χ3v) is 5.24. The summed E-state index contributed by atoms with van der Waals surface area (Å²) in [6.07, 6.45) is 5.63. The van der Waals surface area contributed by atoms with Gasteiger partial charge in [0.2, 0.25) is 0 Å². The molecule has 0 N–H and O–H groups in total. The van der Waals surface area contributed by atoms with Crippen LogP contribution in [0.5, 0.6) is 0 Å². The molecule has 2 aromatic rings. The molecule has 0 fully saturated rings. The van der Waals surface area contributed by atoms with Gasteiger partial charge in [0, 0.05) is 20.1 Å². The molecule has 0 bridgehead atoms. The maximum Gasteiger partial charge on any atom is 0.264 e. The van der Waals surface area contributed by atoms with Gasteiger partial charge >= 0.3 is 0 Å². The van der Waals surface area contributed by atoms with Crippen molar-refractivity contribution in [1.29, 1.82) is 0 Å². The molecule has 23 heavy (non-hydrogen) atoms. The predicted octanol–water partition coefficient (Wildman–Crippen LogP) is 3.35. The molecular formula is C17H25N3O2S. The van der Waals surface area contributed by atoms with Gasteiger partial charge in [-0.3, -0.25) is 9.59 Å². The first-order valence-corrected chi connectivity index (χ1v) is 9.06. The summed E-state index contributed by atoms with van der Waals surface area (Å²) in [5.74, 6) is 0.0365. The van der Waals surface area contributed by atoms with Crippen molar-refractivity contribution in [3.63, 3.8) is 0 Å². The molecule has 0 aliphatic heterocycles. The van der Waals surface area contributed by atoms with E-state index in [1.54, 1.807) is 7.05 Å². The standard InChI is InChI=1S/C17H25N3O2S/c1-5-7-9-20(10-8-6-2)17(22)14-12(3)13-15(23-14)18-11-19(4)16(13)21/h11H,5-10H2,1-4H3. The molecular weight excluding hydrogens is 310 g/mol. The van der Waals surface area contributed by atoms with Gasteiger partial charge in [-0.15, -0.1) is 11.3 Å². The van der Waals surface area contributed by atoms with E-state index < -0.39 is 0 Å². The van der Waals surface area contributed by atoms with Crippen molar-refractivity contribution in [3.8, 4) is 0 Å². The summed E-state index contributed by atoms with van der Waals surface area (Å²) in [4.78, 5) is 32.8. The summed E-state index contributed by atoms with van der Waals surface area (Å²) in [5.41, 5.74) is 0.679. The molecule has 6 heteroatoms. The van der Waals surface area contributed by atoms with E-state index in [9.17, 15) is 9.59 Å². The lowest BCUT2D eigenvalue weighted by Crippen LogP contribution is -2.32. The minimum absolute atomic E-state index is 0.0365. The summed E-state index contributed by atoms with van der Waals surface area (Å²) < 4.78 is 1.46. The Kier molecular flexibility index (Phi) is 5.93. The van der Waals surface area contributed by atoms with E-state index in [-0.39, 0.29) is 11.5 Å². The second-order valence-corrected chi connectivity index (χ2v) is 6.90. The van der Waals surface area contributed by atoms with Gasteiger partial charge in [0.25, 0.3) is 11.5 Å². The molecule has 0 unspecified atom stereocenters. The quantitative estimate of drug-likeness (QED) is 0.780. The molecule has 1 amide bonds. The van der Waals surface area contributed by atoms with Crippen LogP contribution in [0.3, 0.4) is 0 Å². The average molecular weight is 335 g/mol. The van der Waals surface area contributed by atoms with Gasteiger partial charge in [0.15, 0.2) is 0 Å². The number of aromatic nitrogens is 2. The first-order valence-electron chi connectivity index (χ1n) is 8.25. The van der Waals surface area contributed by atoms with Gasteiger partial charge in [-0.2, -0.15) is 0 Å². The van der Waals surface area contributed by atoms with E-state index in [0.29, 0.717) is 15.1 Å². The maximum atomic E-state index is 12.9. The molecule has 0 aromatic carbocycles. The Morgan fingerprint density at radius 2 is 1.87 bits per heavy atom. The van der Waals surface area contributed by atoms with Gasteiger partial charge < -0.3 is 9.47 Å². The molecule has 2 heterocycles. The number of fused-ring (bicyclic) bond motifs is 1. The number of hydrogen-bond acceptors (Lipinski definition) is 4. The van der Waals surface area contributed by atoms with E-state index in [0.717, 1.165) is 44.3 Å². The van der Waals surface area contributed by atoms with Gasteiger partial charge in [-0.25, -0.2) is 4.98 Å². The second kappa shape index (κ2) is 7.73. The molecule has 0 aliphatic carbocycles. The van der Waals surface area contributed by atoms with Crippen molar-refractivity contribution in [2.75, 3.05) is 13.1 Å². The van der Waals surface area contributed by atoms with Crippen LogP contribution in [0.1, 0.15) is 54.8 Å². The van der Waals surface area contributed by atoms with Crippen LogP contribution in [0.4, 0.5) is 0 Å². The Balaban J connectivity index is 2.40. The van der Waals surface area contributed by atoms with Crippen LogP contribution < -0.4 is 5.56 Å². The van der Waals surface area contributed by atoms with Gasteiger partial charge in [-0.1, -0.05) is 26.7 Å². The SMILES string of the molecule is CCCCN(CCCC)C(=O)c1sc2ncn(C)c(=O)c2c1C. The highest BCUT2D eigenvalue weighted by Crippen LogP contribution is 2.28. The van der Waals surface area contributed by atoms with Crippen molar-refractivity contribution in [1.82, 2.24) is 14.5 Å². The van der Waals surface area contributed by atoms with Crippen LogP contribution in [0, 0.1) is 6.92 Å². The molecule has 126 valence electrons. The summed E-state index contributed by atoms with van der Waals surface area (Å²) in [7, 11) is 1.68. The fraction of sp³-hybridized carbons (Fsp3) is 0.588. The van der Waals surface area contributed by atoms with E-state index in [2.05, 4.69) is 18.8 Å². The van der Waals surface area contributed by atoms with E-state index in [1.807, 2.05) is 11.8 Å². The molecule has 0 atom stereocenters. The zero-order chi connectivity index (χ0) is 17.0. The number of nitrogens with zero attached hydrogens (tertiary/aromatic N) is 3. The lowest BCUT2D eigenvalue weighted by molar-refractivity contribution is 0.0755. The molecule has 0 aliphatic rings. The summed E-state index contributed by atoms with van der Waals surface area (Å²) in [6.45, 7) is 7.65. The zero-order valence-electron chi connectivity index (χ0n) is 14.4. The summed E-state index contributed by atoms with van der Waals surface area (Å²) >= 11 is 1.33. The zero-order valence-corrected chi connectivity index (χ0v) is 15.2. The Bertz CT molecular complexity index is 740. The fourth-order valence-corrected chi connectivity index (χ4v) is 3.68. The number of hydrogen-bond donors (Lipinski definition) is 0. The van der Waals surface area contributed by atoms with Gasteiger partial charge in [-0.05, 0) is 25.3 Å². The van der Waals surface area contributed by atoms with E-state index in [4.69, 9.17) is 0 Å². The lowest BCUT2D eigenvalue weighted by atomic mass is 10.2. The highest BCUT2D eigenvalue weighted by Gasteiger charge is 2.23. The number of rotatable bonds is 7. The number of unbranched alkanes of at least 4 members (excludes halogenated alkanes) is 2. The van der Waals surface area contributed by atoms with Crippen molar-refractivity contribution >= 4 is 27.5 Å². The minimum Gasteiger partial charge on any atom is -0.338 e. The molecule has 0 saturated heterocycles. The Morgan fingerprint density at radius 3 is 2.43 bits per heavy atom. The van der Waals surface area contributed by atoms with Crippen molar-refractivity contribution < 1.29 is 4.79 Å². The number of aryl methyl sites for hydroxylation is 2. The first kappa shape index (κ1) is 17.7. The Morgan fingerprint density at radius 1 is 1.26 bits per heavy atom. The smallest absolute Gasteiger partial charge is 0.264 e. The van der Waals surface area contributed by atoms with Crippen LogP contribution in [0.25, 0.3) is 10.2 Å².